The Morgan fingerprint density at radius 3 is 2.94 bits per heavy atom. The van der Waals surface area contributed by atoms with E-state index in [0.29, 0.717) is 26.3 Å². The smallest absolute Gasteiger partial charge is 0.248 e. The van der Waals surface area contributed by atoms with Crippen LogP contribution in [0.4, 0.5) is 0 Å². The molecule has 1 rings (SSSR count). The van der Waals surface area contributed by atoms with E-state index < -0.39 is 11.7 Å². The van der Waals surface area contributed by atoms with E-state index in [9.17, 15) is 4.79 Å². The maximum atomic E-state index is 11.8. The lowest BCUT2D eigenvalue weighted by Crippen LogP contribution is -2.52. The number of nitrogens with one attached hydrogen (secondary N) is 1. The summed E-state index contributed by atoms with van der Waals surface area (Å²) in [5, 5.41) is 2.74. The van der Waals surface area contributed by atoms with Crippen LogP contribution in [0.3, 0.4) is 0 Å². The van der Waals surface area contributed by atoms with Crippen LogP contribution in [0.2, 0.25) is 0 Å². The van der Waals surface area contributed by atoms with Gasteiger partial charge < -0.3 is 25.3 Å². The Bertz CT molecular complexity index is 254. The number of carbonyl (C=O) groups is 1. The molecule has 6 heteroatoms. The Morgan fingerprint density at radius 1 is 1.61 bits per heavy atom. The second-order valence-corrected chi connectivity index (χ2v) is 4.59. The van der Waals surface area contributed by atoms with E-state index in [0.717, 1.165) is 19.4 Å². The van der Waals surface area contributed by atoms with Crippen LogP contribution in [-0.2, 0) is 19.0 Å². The first-order chi connectivity index (χ1) is 8.63. The van der Waals surface area contributed by atoms with E-state index in [4.69, 9.17) is 19.9 Å². The first-order valence-electron chi connectivity index (χ1n) is 6.36. The third kappa shape index (κ3) is 4.53. The van der Waals surface area contributed by atoms with E-state index >= 15 is 0 Å². The van der Waals surface area contributed by atoms with Crippen molar-refractivity contribution in [1.29, 1.82) is 0 Å². The molecule has 0 radical (unpaired) electrons. The van der Waals surface area contributed by atoms with E-state index in [1.807, 2.05) is 0 Å². The van der Waals surface area contributed by atoms with Gasteiger partial charge in [-0.1, -0.05) is 0 Å². The maximum Gasteiger partial charge on any atom is 0.248 e. The normalized spacial score (nSPS) is 25.7. The zero-order valence-corrected chi connectivity index (χ0v) is 11.2. The number of nitrogens with two attached hydrogens (primary N) is 1. The van der Waals surface area contributed by atoms with Gasteiger partial charge in [-0.3, -0.25) is 4.79 Å². The predicted molar refractivity (Wildman–Crippen MR) is 67.3 cm³/mol. The lowest BCUT2D eigenvalue weighted by molar-refractivity contribution is -0.165. The molecule has 0 bridgehead atoms. The fourth-order valence-corrected chi connectivity index (χ4v) is 1.98. The van der Waals surface area contributed by atoms with Crippen molar-refractivity contribution in [3.8, 4) is 0 Å². The largest absolute Gasteiger partial charge is 0.383 e. The van der Waals surface area contributed by atoms with Crippen molar-refractivity contribution in [2.75, 3.05) is 40.0 Å². The van der Waals surface area contributed by atoms with Crippen molar-refractivity contribution < 1.29 is 19.0 Å². The molecule has 2 atom stereocenters. The zero-order valence-electron chi connectivity index (χ0n) is 11.2. The molecule has 106 valence electrons. The molecule has 1 aliphatic heterocycles. The number of methoxy groups -OCH3 is 1. The maximum absolute atomic E-state index is 11.8. The third-order valence-electron chi connectivity index (χ3n) is 3.06. The van der Waals surface area contributed by atoms with Crippen LogP contribution in [0.25, 0.3) is 0 Å². The molecule has 0 aromatic heterocycles. The van der Waals surface area contributed by atoms with Crippen molar-refractivity contribution >= 4 is 5.91 Å². The van der Waals surface area contributed by atoms with Gasteiger partial charge in [0.25, 0.3) is 0 Å². The highest BCUT2D eigenvalue weighted by atomic mass is 16.6. The van der Waals surface area contributed by atoms with Gasteiger partial charge in [-0.05, 0) is 19.8 Å². The average molecular weight is 260 g/mol. The van der Waals surface area contributed by atoms with Crippen LogP contribution in [0, 0.1) is 0 Å². The fraction of sp³-hybridized carbons (Fsp3) is 0.917. The van der Waals surface area contributed by atoms with Gasteiger partial charge in [-0.15, -0.1) is 0 Å². The lowest BCUT2D eigenvalue weighted by atomic mass is 9.96. The number of amides is 1. The Balaban J connectivity index is 2.40. The molecule has 0 spiro atoms. The Labute approximate surface area is 108 Å². The highest BCUT2D eigenvalue weighted by molar-refractivity contribution is 5.80. The van der Waals surface area contributed by atoms with Crippen LogP contribution >= 0.6 is 0 Å². The van der Waals surface area contributed by atoms with Crippen LogP contribution in [0.1, 0.15) is 19.8 Å². The first-order valence-corrected chi connectivity index (χ1v) is 6.36. The summed E-state index contributed by atoms with van der Waals surface area (Å²) < 4.78 is 16.1. The lowest BCUT2D eigenvalue weighted by Gasteiger charge is -2.37. The van der Waals surface area contributed by atoms with Crippen LogP contribution < -0.4 is 11.1 Å². The quantitative estimate of drug-likeness (QED) is 0.612. The molecule has 1 fully saturated rings. The zero-order chi connectivity index (χ0) is 13.4. The second-order valence-electron chi connectivity index (χ2n) is 4.59. The molecular weight excluding hydrogens is 236 g/mol. The minimum absolute atomic E-state index is 0.148. The molecule has 1 amide bonds. The summed E-state index contributed by atoms with van der Waals surface area (Å²) in [6, 6.07) is 0. The monoisotopic (exact) mass is 260 g/mol. The number of carbonyl (C=O) groups excluding carboxylic acids is 1. The fourth-order valence-electron chi connectivity index (χ4n) is 1.98. The number of hydrogen-bond acceptors (Lipinski definition) is 5. The van der Waals surface area contributed by atoms with E-state index in [-0.39, 0.29) is 5.91 Å². The highest BCUT2D eigenvalue weighted by Crippen LogP contribution is 2.24. The Morgan fingerprint density at radius 2 is 2.39 bits per heavy atom. The van der Waals surface area contributed by atoms with E-state index in [1.165, 1.54) is 0 Å². The predicted octanol–water partition coefficient (Wildman–Crippen LogP) is -0.338. The molecule has 3 N–H and O–H groups in total. The first kappa shape index (κ1) is 15.4. The van der Waals surface area contributed by atoms with E-state index in [2.05, 4.69) is 5.32 Å². The molecular formula is C12H24N2O4. The third-order valence-corrected chi connectivity index (χ3v) is 3.06. The van der Waals surface area contributed by atoms with Crippen LogP contribution in [-0.4, -0.2) is 57.6 Å². The van der Waals surface area contributed by atoms with Crippen LogP contribution in [0.15, 0.2) is 0 Å². The number of hydrogen-bond donors (Lipinski definition) is 2. The van der Waals surface area contributed by atoms with Crippen molar-refractivity contribution in [2.45, 2.75) is 31.5 Å². The molecule has 0 aliphatic carbocycles. The molecule has 2 unspecified atom stereocenters. The molecule has 1 saturated heterocycles. The minimum atomic E-state index is -0.535. The van der Waals surface area contributed by atoms with Crippen molar-refractivity contribution in [3.05, 3.63) is 0 Å². The molecule has 0 saturated carbocycles. The van der Waals surface area contributed by atoms with Crippen molar-refractivity contribution in [3.63, 3.8) is 0 Å². The summed E-state index contributed by atoms with van der Waals surface area (Å²) in [5.74, 6) is -0.148. The van der Waals surface area contributed by atoms with Crippen molar-refractivity contribution in [2.24, 2.45) is 5.73 Å². The van der Waals surface area contributed by atoms with Gasteiger partial charge >= 0.3 is 0 Å². The van der Waals surface area contributed by atoms with Gasteiger partial charge in [0.2, 0.25) is 5.91 Å². The van der Waals surface area contributed by atoms with Gasteiger partial charge in [-0.2, -0.15) is 0 Å². The SMILES string of the molecule is COCCNC(=O)C(C)OC1(CN)CCCOC1. The minimum Gasteiger partial charge on any atom is -0.383 e. The van der Waals surface area contributed by atoms with Crippen molar-refractivity contribution in [1.82, 2.24) is 5.32 Å². The van der Waals surface area contributed by atoms with Gasteiger partial charge in [0.1, 0.15) is 11.7 Å². The molecule has 0 aromatic rings. The summed E-state index contributed by atoms with van der Waals surface area (Å²) in [4.78, 5) is 11.8. The number of ether oxygens (including phenoxy) is 3. The molecule has 18 heavy (non-hydrogen) atoms. The topological polar surface area (TPSA) is 82.8 Å². The van der Waals surface area contributed by atoms with E-state index in [1.54, 1.807) is 14.0 Å². The Kier molecular flexibility index (Phi) is 6.56. The van der Waals surface area contributed by atoms with Gasteiger partial charge in [0, 0.05) is 26.8 Å². The molecule has 6 nitrogen and oxygen atoms in total. The summed E-state index contributed by atoms with van der Waals surface area (Å²) in [6.45, 7) is 4.26. The summed E-state index contributed by atoms with van der Waals surface area (Å²) in [7, 11) is 1.59. The van der Waals surface area contributed by atoms with Gasteiger partial charge in [0.15, 0.2) is 0 Å². The average Bonchev–Trinajstić information content (AvgIpc) is 2.40. The standard InChI is InChI=1S/C12H24N2O4/c1-10(11(15)14-5-7-16-2)18-12(8-13)4-3-6-17-9-12/h10H,3-9,13H2,1-2H3,(H,14,15). The molecule has 1 heterocycles. The summed E-state index contributed by atoms with van der Waals surface area (Å²) in [5.41, 5.74) is 5.23. The number of rotatable bonds is 7. The van der Waals surface area contributed by atoms with Crippen LogP contribution in [0.5, 0.6) is 0 Å². The van der Waals surface area contributed by atoms with Gasteiger partial charge in [0.05, 0.1) is 13.2 Å². The molecule has 1 aliphatic rings. The summed E-state index contributed by atoms with van der Waals surface area (Å²) in [6.07, 6.45) is 1.21. The van der Waals surface area contributed by atoms with Gasteiger partial charge in [-0.25, -0.2) is 0 Å². The second kappa shape index (κ2) is 7.68. The molecule has 0 aromatic carbocycles. The highest BCUT2D eigenvalue weighted by Gasteiger charge is 2.35. The summed E-state index contributed by atoms with van der Waals surface area (Å²) >= 11 is 0. The Hall–Kier alpha value is -0.690.